The highest BCUT2D eigenvalue weighted by Gasteiger charge is 2.40. The summed E-state index contributed by atoms with van der Waals surface area (Å²) in [6.45, 7) is 4.28. The SMILES string of the molecule is CNC1(C(N)=O)CCCC(SCc2cc(C)cc(C)c2)C1. The standard InChI is InChI=1S/C17H26N2OS/c1-12-7-13(2)9-14(8-12)11-21-15-5-4-6-17(10-15,19-3)16(18)20/h7-9,15,19H,4-6,10-11H2,1-3H3,(H2,18,20). The number of amides is 1. The molecule has 1 amide bonds. The highest BCUT2D eigenvalue weighted by Crippen LogP contribution is 2.36. The molecule has 1 aliphatic carbocycles. The van der Waals surface area contributed by atoms with Crippen molar-refractivity contribution in [1.29, 1.82) is 0 Å². The van der Waals surface area contributed by atoms with E-state index in [9.17, 15) is 4.79 Å². The molecule has 2 rings (SSSR count). The van der Waals surface area contributed by atoms with E-state index in [0.717, 1.165) is 25.0 Å². The van der Waals surface area contributed by atoms with E-state index < -0.39 is 5.54 Å². The Balaban J connectivity index is 1.98. The molecular formula is C17H26N2OS. The summed E-state index contributed by atoms with van der Waals surface area (Å²) in [4.78, 5) is 11.8. The Hall–Kier alpha value is -1.00. The monoisotopic (exact) mass is 306 g/mol. The minimum atomic E-state index is -0.502. The number of hydrogen-bond donors (Lipinski definition) is 2. The third-order valence-electron chi connectivity index (χ3n) is 4.42. The van der Waals surface area contributed by atoms with Gasteiger partial charge in [-0.2, -0.15) is 11.8 Å². The van der Waals surface area contributed by atoms with Gasteiger partial charge in [0.2, 0.25) is 5.91 Å². The van der Waals surface area contributed by atoms with Crippen LogP contribution in [0.5, 0.6) is 0 Å². The van der Waals surface area contributed by atoms with Crippen molar-refractivity contribution in [2.75, 3.05) is 7.05 Å². The molecule has 0 radical (unpaired) electrons. The van der Waals surface area contributed by atoms with Gasteiger partial charge in [-0.3, -0.25) is 4.79 Å². The van der Waals surface area contributed by atoms with Crippen molar-refractivity contribution in [3.8, 4) is 0 Å². The predicted octanol–water partition coefficient (Wildman–Crippen LogP) is 2.92. The largest absolute Gasteiger partial charge is 0.368 e. The van der Waals surface area contributed by atoms with Crippen molar-refractivity contribution in [3.63, 3.8) is 0 Å². The smallest absolute Gasteiger partial charge is 0.237 e. The van der Waals surface area contributed by atoms with Crippen LogP contribution >= 0.6 is 11.8 Å². The van der Waals surface area contributed by atoms with E-state index in [-0.39, 0.29) is 5.91 Å². The topological polar surface area (TPSA) is 55.1 Å². The Morgan fingerprint density at radius 2 is 2.05 bits per heavy atom. The number of primary amides is 1. The molecule has 1 aliphatic rings. The van der Waals surface area contributed by atoms with Gasteiger partial charge in [0.1, 0.15) is 0 Å². The van der Waals surface area contributed by atoms with Gasteiger partial charge in [-0.1, -0.05) is 29.3 Å². The van der Waals surface area contributed by atoms with E-state index in [2.05, 4.69) is 37.4 Å². The molecule has 3 nitrogen and oxygen atoms in total. The molecule has 0 heterocycles. The lowest BCUT2D eigenvalue weighted by atomic mass is 9.81. The van der Waals surface area contributed by atoms with Crippen LogP contribution in [0.1, 0.15) is 42.4 Å². The number of carbonyl (C=O) groups is 1. The van der Waals surface area contributed by atoms with Crippen molar-refractivity contribution in [3.05, 3.63) is 34.9 Å². The number of hydrogen-bond acceptors (Lipinski definition) is 3. The molecule has 0 bridgehead atoms. The van der Waals surface area contributed by atoms with Crippen molar-refractivity contribution < 1.29 is 4.79 Å². The number of aryl methyl sites for hydroxylation is 2. The van der Waals surface area contributed by atoms with Crippen LogP contribution in [0.3, 0.4) is 0 Å². The first kappa shape index (κ1) is 16.4. The van der Waals surface area contributed by atoms with E-state index in [0.29, 0.717) is 5.25 Å². The van der Waals surface area contributed by atoms with Gasteiger partial charge < -0.3 is 11.1 Å². The summed E-state index contributed by atoms with van der Waals surface area (Å²) >= 11 is 1.96. The predicted molar refractivity (Wildman–Crippen MR) is 90.5 cm³/mol. The quantitative estimate of drug-likeness (QED) is 0.879. The Labute approximate surface area is 132 Å². The van der Waals surface area contributed by atoms with Gasteiger partial charge in [0.05, 0.1) is 5.54 Å². The lowest BCUT2D eigenvalue weighted by Crippen LogP contribution is -2.57. The molecule has 0 spiro atoms. The first-order valence-electron chi connectivity index (χ1n) is 7.63. The molecule has 0 aliphatic heterocycles. The molecule has 1 saturated carbocycles. The highest BCUT2D eigenvalue weighted by atomic mass is 32.2. The fourth-order valence-corrected chi connectivity index (χ4v) is 4.64. The third-order valence-corrected chi connectivity index (χ3v) is 5.80. The van der Waals surface area contributed by atoms with Crippen LogP contribution in [-0.2, 0) is 10.5 Å². The highest BCUT2D eigenvalue weighted by molar-refractivity contribution is 7.99. The van der Waals surface area contributed by atoms with E-state index in [1.807, 2.05) is 18.8 Å². The van der Waals surface area contributed by atoms with Crippen LogP contribution in [0, 0.1) is 13.8 Å². The second kappa shape index (κ2) is 6.84. The van der Waals surface area contributed by atoms with Crippen molar-refractivity contribution in [2.24, 2.45) is 5.73 Å². The minimum Gasteiger partial charge on any atom is -0.368 e. The molecule has 21 heavy (non-hydrogen) atoms. The second-order valence-corrected chi connectivity index (χ2v) is 7.51. The zero-order valence-electron chi connectivity index (χ0n) is 13.2. The number of carbonyl (C=O) groups excluding carboxylic acids is 1. The van der Waals surface area contributed by atoms with Gasteiger partial charge in [0.15, 0.2) is 0 Å². The number of thioether (sulfide) groups is 1. The number of rotatable bonds is 5. The maximum absolute atomic E-state index is 11.8. The lowest BCUT2D eigenvalue weighted by Gasteiger charge is -2.38. The third kappa shape index (κ3) is 4.01. The normalized spacial score (nSPS) is 25.8. The zero-order chi connectivity index (χ0) is 15.5. The summed E-state index contributed by atoms with van der Waals surface area (Å²) in [5.41, 5.74) is 9.11. The Morgan fingerprint density at radius 1 is 1.38 bits per heavy atom. The summed E-state index contributed by atoms with van der Waals surface area (Å²) in [5, 5.41) is 3.67. The molecule has 3 N–H and O–H groups in total. The van der Waals surface area contributed by atoms with Crippen molar-refractivity contribution >= 4 is 17.7 Å². The summed E-state index contributed by atoms with van der Waals surface area (Å²) in [6, 6.07) is 6.71. The first-order valence-corrected chi connectivity index (χ1v) is 8.68. The van der Waals surface area contributed by atoms with Crippen LogP contribution in [0.15, 0.2) is 18.2 Å². The van der Waals surface area contributed by atoms with Gasteiger partial charge in [-0.25, -0.2) is 0 Å². The Kier molecular flexibility index (Phi) is 5.33. The fourth-order valence-electron chi connectivity index (χ4n) is 3.31. The lowest BCUT2D eigenvalue weighted by molar-refractivity contribution is -0.125. The molecule has 0 aromatic heterocycles. The molecule has 0 saturated heterocycles. The van der Waals surface area contributed by atoms with Gasteiger partial charge >= 0.3 is 0 Å². The summed E-state index contributed by atoms with van der Waals surface area (Å²) in [6.07, 6.45) is 3.94. The average molecular weight is 306 g/mol. The van der Waals surface area contributed by atoms with E-state index in [1.54, 1.807) is 0 Å². The summed E-state index contributed by atoms with van der Waals surface area (Å²) in [5.74, 6) is 0.799. The minimum absolute atomic E-state index is 0.207. The number of likely N-dealkylation sites (N-methyl/N-ethyl adjacent to an activating group) is 1. The molecule has 2 atom stereocenters. The van der Waals surface area contributed by atoms with Crippen molar-refractivity contribution in [2.45, 2.75) is 56.1 Å². The Bertz CT molecular complexity index is 497. The number of nitrogens with one attached hydrogen (secondary N) is 1. The van der Waals surface area contributed by atoms with Crippen molar-refractivity contribution in [1.82, 2.24) is 5.32 Å². The van der Waals surface area contributed by atoms with Crippen LogP contribution in [0.25, 0.3) is 0 Å². The molecule has 2 unspecified atom stereocenters. The fraction of sp³-hybridized carbons (Fsp3) is 0.588. The maximum Gasteiger partial charge on any atom is 0.237 e. The summed E-state index contributed by atoms with van der Waals surface area (Å²) < 4.78 is 0. The molecule has 4 heteroatoms. The van der Waals surface area contributed by atoms with Gasteiger partial charge in [0.25, 0.3) is 0 Å². The van der Waals surface area contributed by atoms with Crippen LogP contribution < -0.4 is 11.1 Å². The number of benzene rings is 1. The maximum atomic E-state index is 11.8. The Morgan fingerprint density at radius 3 is 2.62 bits per heavy atom. The summed E-state index contributed by atoms with van der Waals surface area (Å²) in [7, 11) is 1.85. The second-order valence-electron chi connectivity index (χ2n) is 6.22. The molecule has 1 fully saturated rings. The molecule has 116 valence electrons. The van der Waals surface area contributed by atoms with Crippen LogP contribution in [0.2, 0.25) is 0 Å². The number of nitrogens with two attached hydrogens (primary N) is 1. The van der Waals surface area contributed by atoms with E-state index in [4.69, 9.17) is 5.73 Å². The van der Waals surface area contributed by atoms with Gasteiger partial charge in [-0.15, -0.1) is 0 Å². The molecule has 1 aromatic rings. The molecular weight excluding hydrogens is 280 g/mol. The average Bonchev–Trinajstić information content (AvgIpc) is 2.44. The first-order chi connectivity index (χ1) is 9.95. The van der Waals surface area contributed by atoms with Gasteiger partial charge in [-0.05, 0) is 52.1 Å². The van der Waals surface area contributed by atoms with Crippen LogP contribution in [-0.4, -0.2) is 23.7 Å². The molecule has 1 aromatic carbocycles. The van der Waals surface area contributed by atoms with E-state index >= 15 is 0 Å². The van der Waals surface area contributed by atoms with Gasteiger partial charge in [0, 0.05) is 11.0 Å². The van der Waals surface area contributed by atoms with E-state index in [1.165, 1.54) is 23.1 Å². The van der Waals surface area contributed by atoms with Crippen LogP contribution in [0.4, 0.5) is 0 Å². The zero-order valence-corrected chi connectivity index (χ0v) is 14.1.